The average molecular weight is 224 g/mol. The first-order valence-electron chi connectivity index (χ1n) is 3.97. The first kappa shape index (κ1) is 9.47. The fourth-order valence-electron chi connectivity index (χ4n) is 1.34. The molecule has 1 N–H and O–H groups in total. The van der Waals surface area contributed by atoms with Gasteiger partial charge in [-0.05, 0) is 17.7 Å². The van der Waals surface area contributed by atoms with Crippen LogP contribution < -0.4 is 0 Å². The van der Waals surface area contributed by atoms with Crippen LogP contribution in [0, 0.1) is 11.3 Å². The Morgan fingerprint density at radius 1 is 1.50 bits per heavy atom. The zero-order valence-electron chi connectivity index (χ0n) is 7.12. The maximum Gasteiger partial charge on any atom is 0.101 e. The second kappa shape index (κ2) is 3.58. The van der Waals surface area contributed by atoms with Gasteiger partial charge in [0, 0.05) is 15.5 Å². The number of hydrogen-bond donors (Lipinski definition) is 1. The summed E-state index contributed by atoms with van der Waals surface area (Å²) in [5.41, 5.74) is 1.37. The Balaban J connectivity index is 2.80. The highest BCUT2D eigenvalue weighted by Crippen LogP contribution is 2.32. The Morgan fingerprint density at radius 2 is 2.29 bits per heavy atom. The van der Waals surface area contributed by atoms with Gasteiger partial charge in [0.1, 0.15) is 6.07 Å². The number of nitriles is 1. The molecule has 70 valence electrons. The van der Waals surface area contributed by atoms with E-state index in [1.54, 1.807) is 11.4 Å². The molecule has 1 aromatic carbocycles. The number of benzene rings is 1. The lowest BCUT2D eigenvalue weighted by molar-refractivity contribution is 0.282. The van der Waals surface area contributed by atoms with Gasteiger partial charge in [0.25, 0.3) is 0 Å². The molecule has 0 atom stereocenters. The molecule has 0 amide bonds. The van der Waals surface area contributed by atoms with Crippen molar-refractivity contribution >= 4 is 33.0 Å². The number of aliphatic hydroxyl groups is 1. The lowest BCUT2D eigenvalue weighted by Gasteiger charge is -1.99. The third kappa shape index (κ3) is 1.38. The minimum Gasteiger partial charge on any atom is -0.392 e. The fourth-order valence-corrected chi connectivity index (χ4v) is 2.72. The molecule has 2 rings (SSSR count). The topological polar surface area (TPSA) is 44.0 Å². The summed E-state index contributed by atoms with van der Waals surface area (Å²) in [5, 5.41) is 20.9. The molecule has 1 heterocycles. The van der Waals surface area contributed by atoms with Crippen LogP contribution in [0.15, 0.2) is 17.5 Å². The van der Waals surface area contributed by atoms with E-state index in [9.17, 15) is 0 Å². The van der Waals surface area contributed by atoms with Crippen LogP contribution in [0.3, 0.4) is 0 Å². The number of aliphatic hydroxyl groups excluding tert-OH is 1. The standard InChI is InChI=1S/C10H6ClNOS/c11-8-1-6(4-13)2-9-10(8)7(3-12)5-14-9/h1-2,5,13H,4H2. The summed E-state index contributed by atoms with van der Waals surface area (Å²) in [5.74, 6) is 0. The van der Waals surface area contributed by atoms with Gasteiger partial charge in [-0.3, -0.25) is 0 Å². The molecule has 2 aromatic rings. The quantitative estimate of drug-likeness (QED) is 0.808. The van der Waals surface area contributed by atoms with Gasteiger partial charge < -0.3 is 5.11 Å². The van der Waals surface area contributed by atoms with E-state index in [0.717, 1.165) is 15.6 Å². The van der Waals surface area contributed by atoms with E-state index >= 15 is 0 Å². The predicted octanol–water partition coefficient (Wildman–Crippen LogP) is 2.92. The Kier molecular flexibility index (Phi) is 2.42. The molecule has 2 nitrogen and oxygen atoms in total. The summed E-state index contributed by atoms with van der Waals surface area (Å²) in [7, 11) is 0. The number of hydrogen-bond acceptors (Lipinski definition) is 3. The van der Waals surface area contributed by atoms with Crippen molar-refractivity contribution in [2.75, 3.05) is 0 Å². The molecular weight excluding hydrogens is 218 g/mol. The van der Waals surface area contributed by atoms with Gasteiger partial charge in [0.05, 0.1) is 17.2 Å². The van der Waals surface area contributed by atoms with Crippen LogP contribution in [-0.2, 0) is 6.61 Å². The lowest BCUT2D eigenvalue weighted by Crippen LogP contribution is -1.82. The zero-order chi connectivity index (χ0) is 10.1. The van der Waals surface area contributed by atoms with Crippen LogP contribution in [0.5, 0.6) is 0 Å². The summed E-state index contributed by atoms with van der Waals surface area (Å²) < 4.78 is 0.943. The highest BCUT2D eigenvalue weighted by atomic mass is 35.5. The van der Waals surface area contributed by atoms with Crippen molar-refractivity contribution in [3.63, 3.8) is 0 Å². The number of rotatable bonds is 1. The van der Waals surface area contributed by atoms with Crippen molar-refractivity contribution in [1.29, 1.82) is 5.26 Å². The normalized spacial score (nSPS) is 10.4. The largest absolute Gasteiger partial charge is 0.392 e. The van der Waals surface area contributed by atoms with E-state index in [-0.39, 0.29) is 6.61 Å². The van der Waals surface area contributed by atoms with Gasteiger partial charge >= 0.3 is 0 Å². The van der Waals surface area contributed by atoms with Crippen molar-refractivity contribution in [1.82, 2.24) is 0 Å². The molecule has 14 heavy (non-hydrogen) atoms. The molecule has 1 aromatic heterocycles. The van der Waals surface area contributed by atoms with Gasteiger partial charge in [0.15, 0.2) is 0 Å². The number of thiophene rings is 1. The molecule has 0 fully saturated rings. The van der Waals surface area contributed by atoms with Crippen molar-refractivity contribution < 1.29 is 5.11 Å². The van der Waals surface area contributed by atoms with Crippen LogP contribution in [0.4, 0.5) is 0 Å². The average Bonchev–Trinajstić information content (AvgIpc) is 2.61. The van der Waals surface area contributed by atoms with Gasteiger partial charge in [0.2, 0.25) is 0 Å². The first-order chi connectivity index (χ1) is 6.76. The van der Waals surface area contributed by atoms with Crippen molar-refractivity contribution in [2.45, 2.75) is 6.61 Å². The first-order valence-corrected chi connectivity index (χ1v) is 5.22. The number of halogens is 1. The van der Waals surface area contributed by atoms with Crippen LogP contribution in [-0.4, -0.2) is 5.11 Å². The summed E-state index contributed by atoms with van der Waals surface area (Å²) in [4.78, 5) is 0. The SMILES string of the molecule is N#Cc1csc2cc(CO)cc(Cl)c12. The van der Waals surface area contributed by atoms with E-state index in [1.807, 2.05) is 6.07 Å². The Hall–Kier alpha value is -1.08. The molecule has 0 bridgehead atoms. The molecule has 0 aliphatic rings. The summed E-state index contributed by atoms with van der Waals surface area (Å²) in [6, 6.07) is 5.64. The fraction of sp³-hybridized carbons (Fsp3) is 0.100. The number of nitrogens with zero attached hydrogens (tertiary/aromatic N) is 1. The minimum absolute atomic E-state index is 0.0323. The summed E-state index contributed by atoms with van der Waals surface area (Å²) in [6.07, 6.45) is 0. The minimum atomic E-state index is -0.0323. The molecule has 0 saturated heterocycles. The van der Waals surface area contributed by atoms with Gasteiger partial charge in [-0.2, -0.15) is 5.26 Å². The third-order valence-corrected chi connectivity index (χ3v) is 3.22. The Bertz CT molecular complexity index is 527. The van der Waals surface area contributed by atoms with Gasteiger partial charge in [-0.15, -0.1) is 11.3 Å². The van der Waals surface area contributed by atoms with Crippen LogP contribution in [0.2, 0.25) is 5.02 Å². The maximum absolute atomic E-state index is 8.97. The van der Waals surface area contributed by atoms with Crippen LogP contribution >= 0.6 is 22.9 Å². The molecule has 0 radical (unpaired) electrons. The summed E-state index contributed by atoms with van der Waals surface area (Å²) >= 11 is 7.47. The molecule has 4 heteroatoms. The van der Waals surface area contributed by atoms with Crippen molar-refractivity contribution in [2.24, 2.45) is 0 Å². The second-order valence-corrected chi connectivity index (χ2v) is 4.19. The summed E-state index contributed by atoms with van der Waals surface area (Å²) in [6.45, 7) is -0.0323. The molecular formula is C10H6ClNOS. The molecule has 0 aliphatic carbocycles. The van der Waals surface area contributed by atoms with E-state index in [2.05, 4.69) is 6.07 Å². The van der Waals surface area contributed by atoms with E-state index in [4.69, 9.17) is 22.0 Å². The molecule has 0 spiro atoms. The van der Waals surface area contributed by atoms with E-state index < -0.39 is 0 Å². The smallest absolute Gasteiger partial charge is 0.101 e. The van der Waals surface area contributed by atoms with Crippen LogP contribution in [0.25, 0.3) is 10.1 Å². The van der Waals surface area contributed by atoms with Crippen molar-refractivity contribution in [3.05, 3.63) is 33.7 Å². The molecule has 0 unspecified atom stereocenters. The Morgan fingerprint density at radius 3 is 2.93 bits per heavy atom. The number of fused-ring (bicyclic) bond motifs is 1. The highest BCUT2D eigenvalue weighted by Gasteiger charge is 2.08. The van der Waals surface area contributed by atoms with E-state index in [1.165, 1.54) is 11.3 Å². The zero-order valence-corrected chi connectivity index (χ0v) is 8.69. The maximum atomic E-state index is 8.97. The second-order valence-electron chi connectivity index (χ2n) is 2.87. The predicted molar refractivity (Wildman–Crippen MR) is 57.5 cm³/mol. The highest BCUT2D eigenvalue weighted by molar-refractivity contribution is 7.17. The van der Waals surface area contributed by atoms with Gasteiger partial charge in [-0.1, -0.05) is 11.6 Å². The molecule has 0 saturated carbocycles. The Labute approximate surface area is 90.0 Å². The van der Waals surface area contributed by atoms with Gasteiger partial charge in [-0.25, -0.2) is 0 Å². The third-order valence-electron chi connectivity index (χ3n) is 1.99. The monoisotopic (exact) mass is 223 g/mol. The molecule has 0 aliphatic heterocycles. The lowest BCUT2D eigenvalue weighted by atomic mass is 10.1. The van der Waals surface area contributed by atoms with Crippen LogP contribution in [0.1, 0.15) is 11.1 Å². The van der Waals surface area contributed by atoms with Crippen molar-refractivity contribution in [3.8, 4) is 6.07 Å². The van der Waals surface area contributed by atoms with E-state index in [0.29, 0.717) is 10.6 Å².